The summed E-state index contributed by atoms with van der Waals surface area (Å²) in [5.74, 6) is -0.626. The third-order valence-corrected chi connectivity index (χ3v) is 4.65. The summed E-state index contributed by atoms with van der Waals surface area (Å²) in [5.41, 5.74) is 4.09. The van der Waals surface area contributed by atoms with E-state index in [1.807, 2.05) is 30.6 Å². The van der Waals surface area contributed by atoms with Crippen LogP contribution in [-0.2, 0) is 0 Å². The average Bonchev–Trinajstić information content (AvgIpc) is 3.30. The lowest BCUT2D eigenvalue weighted by molar-refractivity contribution is 0.0696. The van der Waals surface area contributed by atoms with Crippen molar-refractivity contribution in [2.75, 3.05) is 16.0 Å². The predicted molar refractivity (Wildman–Crippen MR) is 122 cm³/mol. The Morgan fingerprint density at radius 3 is 2.50 bits per heavy atom. The first-order valence-electron chi connectivity index (χ1n) is 9.73. The molecule has 2 amide bonds. The molecule has 0 spiro atoms. The van der Waals surface area contributed by atoms with Gasteiger partial charge in [-0.25, -0.2) is 19.6 Å². The highest BCUT2D eigenvalue weighted by molar-refractivity contribution is 6.01. The summed E-state index contributed by atoms with van der Waals surface area (Å²) in [6, 6.07) is 15.0. The molecule has 32 heavy (non-hydrogen) atoms. The van der Waals surface area contributed by atoms with E-state index in [4.69, 9.17) is 0 Å². The Bertz CT molecular complexity index is 1270. The van der Waals surface area contributed by atoms with Crippen LogP contribution in [0.3, 0.4) is 0 Å². The summed E-state index contributed by atoms with van der Waals surface area (Å²) >= 11 is 0. The van der Waals surface area contributed by atoms with Gasteiger partial charge in [0.2, 0.25) is 5.95 Å². The standard InChI is InChI=1S/C23H20N6O3/c1-14-5-6-18(12-19(14)21(30)31)28-23(32)27-17-4-2-3-16(11-17)26-22-25-10-8-20(29-22)15-7-9-24-13-15/h2-13,24H,1H3,(H,30,31)(H,25,26,29)(H2,27,28,32). The molecule has 2 heterocycles. The van der Waals surface area contributed by atoms with Crippen LogP contribution >= 0.6 is 0 Å². The molecular formula is C23H20N6O3. The van der Waals surface area contributed by atoms with Crippen LogP contribution < -0.4 is 16.0 Å². The monoisotopic (exact) mass is 428 g/mol. The maximum absolute atomic E-state index is 12.4. The van der Waals surface area contributed by atoms with Gasteiger partial charge in [0.1, 0.15) is 0 Å². The van der Waals surface area contributed by atoms with Gasteiger partial charge in [-0.3, -0.25) is 0 Å². The number of rotatable bonds is 6. The van der Waals surface area contributed by atoms with Crippen molar-refractivity contribution >= 4 is 35.0 Å². The van der Waals surface area contributed by atoms with E-state index >= 15 is 0 Å². The fourth-order valence-corrected chi connectivity index (χ4v) is 3.09. The van der Waals surface area contributed by atoms with Gasteiger partial charge in [-0.05, 0) is 55.0 Å². The summed E-state index contributed by atoms with van der Waals surface area (Å²) in [5, 5.41) is 17.7. The Balaban J connectivity index is 1.43. The number of benzene rings is 2. The van der Waals surface area contributed by atoms with Crippen LogP contribution in [0.15, 0.2) is 73.2 Å². The van der Waals surface area contributed by atoms with E-state index in [0.29, 0.717) is 28.6 Å². The van der Waals surface area contributed by atoms with Crippen LogP contribution in [0.5, 0.6) is 0 Å². The number of aromatic carboxylic acids is 1. The molecule has 2 aromatic carbocycles. The van der Waals surface area contributed by atoms with Crippen molar-refractivity contribution in [2.24, 2.45) is 0 Å². The van der Waals surface area contributed by atoms with Crippen molar-refractivity contribution in [1.82, 2.24) is 15.0 Å². The van der Waals surface area contributed by atoms with Crippen LogP contribution in [0.25, 0.3) is 11.3 Å². The number of aryl methyl sites for hydroxylation is 1. The second kappa shape index (κ2) is 9.00. The molecule has 0 aliphatic carbocycles. The topological polar surface area (TPSA) is 132 Å². The average molecular weight is 428 g/mol. The highest BCUT2D eigenvalue weighted by Crippen LogP contribution is 2.21. The fourth-order valence-electron chi connectivity index (χ4n) is 3.09. The van der Waals surface area contributed by atoms with Crippen molar-refractivity contribution in [3.05, 3.63) is 84.3 Å². The molecule has 9 nitrogen and oxygen atoms in total. The SMILES string of the molecule is Cc1ccc(NC(=O)Nc2cccc(Nc3nccc(-c4cc[nH]c4)n3)c2)cc1C(=O)O. The Kier molecular flexibility index (Phi) is 5.80. The van der Waals surface area contributed by atoms with Crippen molar-refractivity contribution in [3.8, 4) is 11.3 Å². The van der Waals surface area contributed by atoms with Crippen LogP contribution in [0.1, 0.15) is 15.9 Å². The molecule has 4 aromatic rings. The number of nitrogens with one attached hydrogen (secondary N) is 4. The molecule has 5 N–H and O–H groups in total. The summed E-state index contributed by atoms with van der Waals surface area (Å²) in [4.78, 5) is 35.4. The van der Waals surface area contributed by atoms with E-state index in [2.05, 4.69) is 30.9 Å². The number of hydrogen-bond donors (Lipinski definition) is 5. The van der Waals surface area contributed by atoms with Gasteiger partial charge < -0.3 is 26.0 Å². The molecule has 160 valence electrons. The van der Waals surface area contributed by atoms with E-state index in [1.54, 1.807) is 43.5 Å². The lowest BCUT2D eigenvalue weighted by Crippen LogP contribution is -2.19. The zero-order chi connectivity index (χ0) is 22.5. The number of hydrogen-bond acceptors (Lipinski definition) is 5. The molecule has 0 saturated heterocycles. The van der Waals surface area contributed by atoms with Gasteiger partial charge in [0, 0.05) is 41.2 Å². The predicted octanol–water partition coefficient (Wildman–Crippen LogP) is 4.87. The number of carbonyl (C=O) groups excluding carboxylic acids is 1. The summed E-state index contributed by atoms with van der Waals surface area (Å²) in [6.07, 6.45) is 5.34. The van der Waals surface area contributed by atoms with Crippen LogP contribution in [0, 0.1) is 6.92 Å². The number of nitrogens with zero attached hydrogens (tertiary/aromatic N) is 2. The minimum atomic E-state index is -1.05. The molecule has 0 atom stereocenters. The molecule has 0 aliphatic rings. The van der Waals surface area contributed by atoms with E-state index < -0.39 is 12.0 Å². The van der Waals surface area contributed by atoms with Crippen molar-refractivity contribution in [2.45, 2.75) is 6.92 Å². The van der Waals surface area contributed by atoms with Gasteiger partial charge in [-0.15, -0.1) is 0 Å². The molecule has 0 radical (unpaired) electrons. The quantitative estimate of drug-likeness (QED) is 0.298. The zero-order valence-electron chi connectivity index (χ0n) is 17.1. The Morgan fingerprint density at radius 1 is 0.969 bits per heavy atom. The van der Waals surface area contributed by atoms with Gasteiger partial charge >= 0.3 is 12.0 Å². The van der Waals surface area contributed by atoms with E-state index in [9.17, 15) is 14.7 Å². The first-order valence-corrected chi connectivity index (χ1v) is 9.73. The molecule has 4 rings (SSSR count). The maximum atomic E-state index is 12.4. The highest BCUT2D eigenvalue weighted by atomic mass is 16.4. The number of anilines is 4. The van der Waals surface area contributed by atoms with Crippen LogP contribution in [0.4, 0.5) is 27.8 Å². The maximum Gasteiger partial charge on any atom is 0.336 e. The van der Waals surface area contributed by atoms with Crippen LogP contribution in [-0.4, -0.2) is 32.1 Å². The van der Waals surface area contributed by atoms with Crippen LogP contribution in [0.2, 0.25) is 0 Å². The fraction of sp³-hybridized carbons (Fsp3) is 0.0435. The van der Waals surface area contributed by atoms with Gasteiger partial charge in [-0.1, -0.05) is 12.1 Å². The number of aromatic amines is 1. The summed E-state index contributed by atoms with van der Waals surface area (Å²) in [6.45, 7) is 1.70. The molecule has 0 saturated carbocycles. The molecule has 2 aromatic heterocycles. The van der Waals surface area contributed by atoms with Gasteiger partial charge in [0.05, 0.1) is 11.3 Å². The third kappa shape index (κ3) is 4.90. The molecule has 0 aliphatic heterocycles. The first kappa shape index (κ1) is 20.6. The summed E-state index contributed by atoms with van der Waals surface area (Å²) in [7, 11) is 0. The number of carboxylic acid groups (broad SMARTS) is 1. The Labute approximate surface area is 183 Å². The minimum Gasteiger partial charge on any atom is -0.478 e. The number of H-pyrrole nitrogens is 1. The molecule has 0 unspecified atom stereocenters. The summed E-state index contributed by atoms with van der Waals surface area (Å²) < 4.78 is 0. The number of urea groups is 1. The largest absolute Gasteiger partial charge is 0.478 e. The molecule has 9 heteroatoms. The highest BCUT2D eigenvalue weighted by Gasteiger charge is 2.10. The smallest absolute Gasteiger partial charge is 0.336 e. The molecule has 0 bridgehead atoms. The van der Waals surface area contributed by atoms with E-state index in [-0.39, 0.29) is 5.56 Å². The number of amides is 2. The second-order valence-electron chi connectivity index (χ2n) is 6.98. The lowest BCUT2D eigenvalue weighted by atomic mass is 10.1. The normalized spacial score (nSPS) is 10.4. The van der Waals surface area contributed by atoms with Gasteiger partial charge in [0.15, 0.2) is 0 Å². The second-order valence-corrected chi connectivity index (χ2v) is 6.98. The minimum absolute atomic E-state index is 0.135. The first-order chi connectivity index (χ1) is 15.5. The Hall–Kier alpha value is -4.66. The third-order valence-electron chi connectivity index (χ3n) is 4.65. The van der Waals surface area contributed by atoms with E-state index in [0.717, 1.165) is 11.3 Å². The molecule has 0 fully saturated rings. The van der Waals surface area contributed by atoms with Crippen molar-refractivity contribution in [1.29, 1.82) is 0 Å². The zero-order valence-corrected chi connectivity index (χ0v) is 17.1. The number of carbonyl (C=O) groups is 2. The van der Waals surface area contributed by atoms with Gasteiger partial charge in [0.25, 0.3) is 0 Å². The van der Waals surface area contributed by atoms with Gasteiger partial charge in [-0.2, -0.15) is 0 Å². The van der Waals surface area contributed by atoms with Crippen molar-refractivity contribution < 1.29 is 14.7 Å². The number of carboxylic acids is 1. The lowest BCUT2D eigenvalue weighted by Gasteiger charge is -2.11. The number of aromatic nitrogens is 3. The van der Waals surface area contributed by atoms with Crippen molar-refractivity contribution in [3.63, 3.8) is 0 Å². The Morgan fingerprint density at radius 2 is 1.75 bits per heavy atom. The van der Waals surface area contributed by atoms with E-state index in [1.165, 1.54) is 6.07 Å². The molecular weight excluding hydrogens is 408 g/mol.